The Morgan fingerprint density at radius 1 is 1.17 bits per heavy atom. The van der Waals surface area contributed by atoms with Crippen LogP contribution in [-0.4, -0.2) is 44.2 Å². The van der Waals surface area contributed by atoms with Crippen molar-refractivity contribution in [2.24, 2.45) is 0 Å². The molecule has 3 aromatic heterocycles. The molecule has 0 aliphatic heterocycles. The highest BCUT2D eigenvalue weighted by atomic mass is 35.5. The summed E-state index contributed by atoms with van der Waals surface area (Å²) in [7, 11) is 0. The predicted molar refractivity (Wildman–Crippen MR) is 127 cm³/mol. The van der Waals surface area contributed by atoms with Crippen molar-refractivity contribution in [2.75, 3.05) is 6.67 Å². The third kappa shape index (κ3) is 4.67. The van der Waals surface area contributed by atoms with Crippen LogP contribution in [0.25, 0.3) is 22.2 Å². The topological polar surface area (TPSA) is 76.0 Å². The number of rotatable bonds is 7. The van der Waals surface area contributed by atoms with Crippen LogP contribution in [0.4, 0.5) is 17.6 Å². The molecule has 0 unspecified atom stereocenters. The number of aromatic nitrogens is 4. The summed E-state index contributed by atoms with van der Waals surface area (Å²) >= 11 is 6.12. The molecule has 190 valence electrons. The Balaban J connectivity index is 1.53. The molecule has 0 radical (unpaired) electrons. The summed E-state index contributed by atoms with van der Waals surface area (Å²) in [5.41, 5.74) is 2.15. The molecule has 2 N–H and O–H groups in total. The van der Waals surface area contributed by atoms with Crippen LogP contribution in [0.2, 0.25) is 5.02 Å². The molecule has 6 nitrogen and oxygen atoms in total. The fourth-order valence-corrected chi connectivity index (χ4v) is 5.16. The molecule has 11 heteroatoms. The van der Waals surface area contributed by atoms with E-state index in [0.717, 1.165) is 48.9 Å². The molecule has 1 aliphatic carbocycles. The lowest BCUT2D eigenvalue weighted by Gasteiger charge is -2.25. The molecule has 0 bridgehead atoms. The zero-order valence-electron chi connectivity index (χ0n) is 19.0. The molecule has 1 aromatic carbocycles. The summed E-state index contributed by atoms with van der Waals surface area (Å²) < 4.78 is 61.1. The van der Waals surface area contributed by atoms with Gasteiger partial charge in [0.2, 0.25) is 0 Å². The molecule has 5 rings (SSSR count). The number of aliphatic hydroxyl groups is 1. The number of benzene rings is 1. The van der Waals surface area contributed by atoms with Crippen LogP contribution in [0.5, 0.6) is 5.75 Å². The number of H-pyrrole nitrogens is 1. The minimum atomic E-state index is -3.19. The number of aliphatic hydroxyl groups excluding tert-OH is 1. The van der Waals surface area contributed by atoms with Crippen molar-refractivity contribution in [2.45, 2.75) is 50.4 Å². The zero-order valence-corrected chi connectivity index (χ0v) is 19.7. The third-order valence-corrected chi connectivity index (χ3v) is 7.11. The van der Waals surface area contributed by atoms with Crippen molar-refractivity contribution in [3.8, 4) is 16.9 Å². The van der Waals surface area contributed by atoms with Crippen LogP contribution in [0, 0.1) is 5.82 Å². The van der Waals surface area contributed by atoms with E-state index in [2.05, 4.69) is 19.8 Å². The van der Waals surface area contributed by atoms with E-state index in [9.17, 15) is 22.7 Å². The number of ether oxygens (including phenoxy) is 1. The standard InChI is InChI=1S/C25H23ClF4N4O2/c26-23-20(28)5-6-21(36-25(29)30)22(23)18(8-27)19-11-32-24-17(19)7-13(9-31-24)14-10-33-34(12-14)15-1-3-16(35)4-2-15/h5-7,9-12,15-16,18,25,35H,1-4,8H2,(H,31,32)/t15?,16?,18-/m1/s1. The quantitative estimate of drug-likeness (QED) is 0.275. The summed E-state index contributed by atoms with van der Waals surface area (Å²) in [6, 6.07) is 3.91. The smallest absolute Gasteiger partial charge is 0.387 e. The monoisotopic (exact) mass is 522 g/mol. The van der Waals surface area contributed by atoms with E-state index in [-0.39, 0.29) is 17.7 Å². The summed E-state index contributed by atoms with van der Waals surface area (Å²) in [5, 5.41) is 14.3. The molecular formula is C25H23ClF4N4O2. The van der Waals surface area contributed by atoms with Gasteiger partial charge >= 0.3 is 6.61 Å². The molecule has 0 spiro atoms. The second-order valence-corrected chi connectivity index (χ2v) is 9.27. The number of hydrogen-bond acceptors (Lipinski definition) is 4. The lowest BCUT2D eigenvalue weighted by atomic mass is 9.91. The van der Waals surface area contributed by atoms with E-state index >= 15 is 0 Å². The molecule has 4 aromatic rings. The maximum Gasteiger partial charge on any atom is 0.387 e. The van der Waals surface area contributed by atoms with Gasteiger partial charge in [-0.25, -0.2) is 9.37 Å². The number of fused-ring (bicyclic) bond motifs is 1. The van der Waals surface area contributed by atoms with Gasteiger partial charge in [-0.2, -0.15) is 13.9 Å². The minimum Gasteiger partial charge on any atom is -0.434 e. The summed E-state index contributed by atoms with van der Waals surface area (Å²) in [4.78, 5) is 7.38. The highest BCUT2D eigenvalue weighted by Gasteiger charge is 2.28. The van der Waals surface area contributed by atoms with E-state index < -0.39 is 35.8 Å². The fourth-order valence-electron chi connectivity index (χ4n) is 4.87. The van der Waals surface area contributed by atoms with E-state index in [1.165, 1.54) is 6.20 Å². The normalized spacial score (nSPS) is 19.2. The number of hydrogen-bond donors (Lipinski definition) is 2. The van der Waals surface area contributed by atoms with Crippen LogP contribution >= 0.6 is 11.6 Å². The first-order valence-electron chi connectivity index (χ1n) is 11.5. The van der Waals surface area contributed by atoms with Crippen molar-refractivity contribution in [1.82, 2.24) is 19.7 Å². The van der Waals surface area contributed by atoms with Crippen molar-refractivity contribution in [1.29, 1.82) is 0 Å². The summed E-state index contributed by atoms with van der Waals surface area (Å²) in [6.45, 7) is -4.23. The highest BCUT2D eigenvalue weighted by Crippen LogP contribution is 2.42. The second kappa shape index (κ2) is 10.1. The number of halogens is 5. The Morgan fingerprint density at radius 2 is 1.94 bits per heavy atom. The van der Waals surface area contributed by atoms with Gasteiger partial charge in [-0.05, 0) is 49.4 Å². The summed E-state index contributed by atoms with van der Waals surface area (Å²) in [6.07, 6.45) is 9.63. The molecule has 1 aliphatic rings. The van der Waals surface area contributed by atoms with Gasteiger partial charge in [0.1, 0.15) is 23.9 Å². The van der Waals surface area contributed by atoms with Crippen LogP contribution in [0.15, 0.2) is 43.0 Å². The van der Waals surface area contributed by atoms with Gasteiger partial charge < -0.3 is 14.8 Å². The second-order valence-electron chi connectivity index (χ2n) is 8.89. The molecule has 36 heavy (non-hydrogen) atoms. The predicted octanol–water partition coefficient (Wildman–Crippen LogP) is 6.40. The van der Waals surface area contributed by atoms with Gasteiger partial charge in [0.05, 0.1) is 23.4 Å². The number of aromatic amines is 1. The summed E-state index contributed by atoms with van der Waals surface area (Å²) in [5.74, 6) is -2.44. The van der Waals surface area contributed by atoms with Gasteiger partial charge in [0.15, 0.2) is 0 Å². The first kappa shape index (κ1) is 24.6. The number of nitrogens with one attached hydrogen (secondary N) is 1. The van der Waals surface area contributed by atoms with Crippen LogP contribution in [0.1, 0.15) is 48.8 Å². The molecule has 1 atom stereocenters. The maximum absolute atomic E-state index is 14.4. The minimum absolute atomic E-state index is 0.195. The Hall–Kier alpha value is -3.11. The zero-order chi connectivity index (χ0) is 25.4. The molecular weight excluding hydrogens is 500 g/mol. The number of alkyl halides is 3. The molecule has 1 saturated carbocycles. The van der Waals surface area contributed by atoms with Gasteiger partial charge in [-0.3, -0.25) is 9.07 Å². The molecule has 0 amide bonds. The SMILES string of the molecule is OC1CCC(n2cc(-c3cnc4[nH]cc([C@@H](CF)c5c(OC(F)F)ccc(F)c5Cl)c4c3)cn2)CC1. The van der Waals surface area contributed by atoms with Crippen molar-refractivity contribution in [3.63, 3.8) is 0 Å². The van der Waals surface area contributed by atoms with Crippen LogP contribution < -0.4 is 4.74 Å². The van der Waals surface area contributed by atoms with E-state index in [1.54, 1.807) is 18.5 Å². The van der Waals surface area contributed by atoms with Crippen molar-refractivity contribution in [3.05, 3.63) is 65.0 Å². The van der Waals surface area contributed by atoms with E-state index in [0.29, 0.717) is 16.6 Å². The van der Waals surface area contributed by atoms with Crippen molar-refractivity contribution < 1.29 is 27.4 Å². The molecule has 0 saturated heterocycles. The van der Waals surface area contributed by atoms with Gasteiger partial charge in [-0.15, -0.1) is 0 Å². The number of pyridine rings is 1. The molecule has 1 fully saturated rings. The Kier molecular flexibility index (Phi) is 6.90. The van der Waals surface area contributed by atoms with E-state index in [4.69, 9.17) is 11.6 Å². The fraction of sp³-hybridized carbons (Fsp3) is 0.360. The lowest BCUT2D eigenvalue weighted by Crippen LogP contribution is -2.21. The third-order valence-electron chi connectivity index (χ3n) is 6.73. The molecule has 3 heterocycles. The first-order chi connectivity index (χ1) is 17.4. The van der Waals surface area contributed by atoms with Crippen LogP contribution in [0.3, 0.4) is 0 Å². The lowest BCUT2D eigenvalue weighted by molar-refractivity contribution is -0.0506. The van der Waals surface area contributed by atoms with Gasteiger partial charge in [-0.1, -0.05) is 11.6 Å². The van der Waals surface area contributed by atoms with E-state index in [1.807, 2.05) is 10.9 Å². The average molecular weight is 523 g/mol. The van der Waals surface area contributed by atoms with Gasteiger partial charge in [0.25, 0.3) is 0 Å². The van der Waals surface area contributed by atoms with Gasteiger partial charge in [0, 0.05) is 46.6 Å². The first-order valence-corrected chi connectivity index (χ1v) is 11.9. The van der Waals surface area contributed by atoms with Crippen molar-refractivity contribution >= 4 is 22.6 Å². The number of nitrogens with zero attached hydrogens (tertiary/aromatic N) is 3. The largest absolute Gasteiger partial charge is 0.434 e. The Labute approximate surface area is 208 Å². The Morgan fingerprint density at radius 3 is 2.67 bits per heavy atom. The maximum atomic E-state index is 14.4. The average Bonchev–Trinajstić information content (AvgIpc) is 3.51. The highest BCUT2D eigenvalue weighted by molar-refractivity contribution is 6.31. The Bertz CT molecular complexity index is 1370. The van der Waals surface area contributed by atoms with Crippen LogP contribution in [-0.2, 0) is 0 Å².